The fraction of sp³-hybridized carbons (Fsp3) is 0.304. The number of hydrogen-bond donors (Lipinski definition) is 2. The van der Waals surface area contributed by atoms with Crippen molar-refractivity contribution >= 4 is 5.91 Å². The van der Waals surface area contributed by atoms with Crippen molar-refractivity contribution in [1.82, 2.24) is 10.5 Å². The van der Waals surface area contributed by atoms with Gasteiger partial charge in [0.05, 0.1) is 23.4 Å². The quantitative estimate of drug-likeness (QED) is 0.610. The Hall–Kier alpha value is -3.12. The molecule has 2 N–H and O–H groups in total. The number of aromatic nitrogens is 1. The second-order valence-corrected chi connectivity index (χ2v) is 7.14. The SMILES string of the molecule is Cc1noc(C)c1COc1cccc(C(=O)NC(C)C(O)Cc2ccccc2)c1. The molecule has 1 aromatic heterocycles. The van der Waals surface area contributed by atoms with Crippen molar-refractivity contribution in [3.8, 4) is 5.75 Å². The number of amides is 1. The van der Waals surface area contributed by atoms with E-state index in [0.717, 1.165) is 22.6 Å². The molecule has 3 rings (SSSR count). The van der Waals surface area contributed by atoms with Crippen LogP contribution in [0.25, 0.3) is 0 Å². The van der Waals surface area contributed by atoms with Crippen LogP contribution in [0.1, 0.15) is 39.9 Å². The number of ether oxygens (including phenoxy) is 1. The van der Waals surface area contributed by atoms with Crippen LogP contribution < -0.4 is 10.1 Å². The Kier molecular flexibility index (Phi) is 6.67. The van der Waals surface area contributed by atoms with Crippen molar-refractivity contribution in [3.05, 3.63) is 82.7 Å². The maximum atomic E-state index is 12.6. The number of benzene rings is 2. The van der Waals surface area contributed by atoms with Gasteiger partial charge < -0.3 is 19.7 Å². The molecule has 0 saturated carbocycles. The Morgan fingerprint density at radius 1 is 1.17 bits per heavy atom. The Morgan fingerprint density at radius 3 is 2.62 bits per heavy atom. The van der Waals surface area contributed by atoms with E-state index in [9.17, 15) is 9.90 Å². The number of aliphatic hydroxyl groups excluding tert-OH is 1. The van der Waals surface area contributed by atoms with Crippen molar-refractivity contribution < 1.29 is 19.2 Å². The number of rotatable bonds is 8. The van der Waals surface area contributed by atoms with Gasteiger partial charge in [0, 0.05) is 12.0 Å². The summed E-state index contributed by atoms with van der Waals surface area (Å²) in [5, 5.41) is 17.2. The van der Waals surface area contributed by atoms with Gasteiger partial charge in [-0.25, -0.2) is 0 Å². The molecule has 2 unspecified atom stereocenters. The summed E-state index contributed by atoms with van der Waals surface area (Å²) in [6.07, 6.45) is -0.205. The van der Waals surface area contributed by atoms with E-state index in [1.165, 1.54) is 0 Å². The lowest BCUT2D eigenvalue weighted by atomic mass is 10.0. The van der Waals surface area contributed by atoms with Crippen molar-refractivity contribution in [1.29, 1.82) is 0 Å². The van der Waals surface area contributed by atoms with E-state index in [0.29, 0.717) is 24.3 Å². The average Bonchev–Trinajstić information content (AvgIpc) is 3.04. The molecule has 0 bridgehead atoms. The minimum absolute atomic E-state index is 0.257. The average molecular weight is 394 g/mol. The first-order valence-corrected chi connectivity index (χ1v) is 9.61. The molecule has 0 saturated heterocycles. The third kappa shape index (κ3) is 5.45. The first-order valence-electron chi connectivity index (χ1n) is 9.61. The second kappa shape index (κ2) is 9.39. The van der Waals surface area contributed by atoms with Crippen molar-refractivity contribution in [2.75, 3.05) is 0 Å². The number of nitrogens with one attached hydrogen (secondary N) is 1. The van der Waals surface area contributed by atoms with Crippen LogP contribution in [0.3, 0.4) is 0 Å². The lowest BCUT2D eigenvalue weighted by Gasteiger charge is -2.20. The summed E-state index contributed by atoms with van der Waals surface area (Å²) in [6.45, 7) is 5.81. The third-order valence-corrected chi connectivity index (χ3v) is 4.88. The van der Waals surface area contributed by atoms with Crippen molar-refractivity contribution in [2.45, 2.75) is 45.9 Å². The van der Waals surface area contributed by atoms with Crippen LogP contribution in [-0.4, -0.2) is 28.3 Å². The fourth-order valence-corrected chi connectivity index (χ4v) is 3.01. The minimum Gasteiger partial charge on any atom is -0.489 e. The van der Waals surface area contributed by atoms with Crippen LogP contribution in [0.15, 0.2) is 59.1 Å². The molecule has 0 fully saturated rings. The normalized spacial score (nSPS) is 13.0. The van der Waals surface area contributed by atoms with E-state index >= 15 is 0 Å². The molecule has 0 spiro atoms. The molecule has 0 radical (unpaired) electrons. The lowest BCUT2D eigenvalue weighted by Crippen LogP contribution is -2.42. The van der Waals surface area contributed by atoms with E-state index in [1.807, 2.05) is 44.2 Å². The molecule has 2 aromatic carbocycles. The Bertz CT molecular complexity index is 933. The molecule has 152 valence electrons. The molecule has 2 atom stereocenters. The monoisotopic (exact) mass is 394 g/mol. The van der Waals surface area contributed by atoms with Crippen LogP contribution in [0.2, 0.25) is 0 Å². The molecule has 0 aliphatic heterocycles. The van der Waals surface area contributed by atoms with Gasteiger partial charge in [-0.15, -0.1) is 0 Å². The highest BCUT2D eigenvalue weighted by Gasteiger charge is 2.18. The highest BCUT2D eigenvalue weighted by atomic mass is 16.5. The number of aryl methyl sites for hydroxylation is 2. The van der Waals surface area contributed by atoms with Gasteiger partial charge in [0.25, 0.3) is 5.91 Å². The highest BCUT2D eigenvalue weighted by Crippen LogP contribution is 2.19. The van der Waals surface area contributed by atoms with Crippen LogP contribution in [0, 0.1) is 13.8 Å². The van der Waals surface area contributed by atoms with Gasteiger partial charge in [0.2, 0.25) is 0 Å². The molecular formula is C23H26N2O4. The zero-order valence-electron chi connectivity index (χ0n) is 16.9. The van der Waals surface area contributed by atoms with Gasteiger partial charge in [0.1, 0.15) is 18.1 Å². The Labute approximate surface area is 170 Å². The lowest BCUT2D eigenvalue weighted by molar-refractivity contribution is 0.0851. The summed E-state index contributed by atoms with van der Waals surface area (Å²) in [5.74, 6) is 1.04. The molecule has 0 aliphatic rings. The van der Waals surface area contributed by atoms with Gasteiger partial charge >= 0.3 is 0 Å². The first kappa shape index (κ1) is 20.6. The van der Waals surface area contributed by atoms with Gasteiger partial charge in [-0.3, -0.25) is 4.79 Å². The van der Waals surface area contributed by atoms with Crippen LogP contribution in [0.5, 0.6) is 5.75 Å². The molecule has 3 aromatic rings. The van der Waals surface area contributed by atoms with Crippen LogP contribution in [0.4, 0.5) is 0 Å². The number of nitrogens with zero attached hydrogens (tertiary/aromatic N) is 1. The van der Waals surface area contributed by atoms with Crippen LogP contribution in [-0.2, 0) is 13.0 Å². The van der Waals surface area contributed by atoms with E-state index in [4.69, 9.17) is 9.26 Å². The predicted octanol–water partition coefficient (Wildman–Crippen LogP) is 3.59. The molecule has 6 nitrogen and oxygen atoms in total. The highest BCUT2D eigenvalue weighted by molar-refractivity contribution is 5.94. The van der Waals surface area contributed by atoms with E-state index < -0.39 is 12.1 Å². The molecule has 1 heterocycles. The maximum absolute atomic E-state index is 12.6. The van der Waals surface area contributed by atoms with Crippen molar-refractivity contribution in [2.24, 2.45) is 0 Å². The third-order valence-electron chi connectivity index (χ3n) is 4.88. The van der Waals surface area contributed by atoms with E-state index in [2.05, 4.69) is 10.5 Å². The topological polar surface area (TPSA) is 84.6 Å². The standard InChI is InChI=1S/C23H26N2O4/c1-15-21(17(3)29-25-15)14-28-20-11-7-10-19(13-20)23(27)24-16(2)22(26)12-18-8-5-4-6-9-18/h4-11,13,16,22,26H,12,14H2,1-3H3,(H,24,27). The molecule has 6 heteroatoms. The summed E-state index contributed by atoms with van der Waals surface area (Å²) in [7, 11) is 0. The van der Waals surface area contributed by atoms with Crippen molar-refractivity contribution in [3.63, 3.8) is 0 Å². The first-order chi connectivity index (χ1) is 13.9. The van der Waals surface area contributed by atoms with E-state index in [-0.39, 0.29) is 5.91 Å². The van der Waals surface area contributed by atoms with Gasteiger partial charge in [-0.05, 0) is 44.5 Å². The zero-order chi connectivity index (χ0) is 20.8. The summed E-state index contributed by atoms with van der Waals surface area (Å²) in [5.41, 5.74) is 3.19. The van der Waals surface area contributed by atoms with E-state index in [1.54, 1.807) is 31.2 Å². The predicted molar refractivity (Wildman–Crippen MR) is 110 cm³/mol. The van der Waals surface area contributed by atoms with Gasteiger partial charge in [-0.2, -0.15) is 0 Å². The van der Waals surface area contributed by atoms with Gasteiger partial charge in [-0.1, -0.05) is 41.6 Å². The molecule has 1 amide bonds. The zero-order valence-corrected chi connectivity index (χ0v) is 16.9. The Balaban J connectivity index is 1.58. The smallest absolute Gasteiger partial charge is 0.251 e. The number of carbonyl (C=O) groups is 1. The largest absolute Gasteiger partial charge is 0.489 e. The summed E-state index contributed by atoms with van der Waals surface area (Å²) < 4.78 is 10.9. The fourth-order valence-electron chi connectivity index (χ4n) is 3.01. The number of carbonyl (C=O) groups excluding carboxylic acids is 1. The molecular weight excluding hydrogens is 368 g/mol. The second-order valence-electron chi connectivity index (χ2n) is 7.14. The number of aliphatic hydroxyl groups is 1. The summed E-state index contributed by atoms with van der Waals surface area (Å²) >= 11 is 0. The van der Waals surface area contributed by atoms with Crippen LogP contribution >= 0.6 is 0 Å². The molecule has 0 aliphatic carbocycles. The number of hydrogen-bond acceptors (Lipinski definition) is 5. The summed E-state index contributed by atoms with van der Waals surface area (Å²) in [6, 6.07) is 16.3. The van der Waals surface area contributed by atoms with Gasteiger partial charge in [0.15, 0.2) is 0 Å². The minimum atomic E-state index is -0.680. The maximum Gasteiger partial charge on any atom is 0.251 e. The Morgan fingerprint density at radius 2 is 1.93 bits per heavy atom. The molecule has 29 heavy (non-hydrogen) atoms. The summed E-state index contributed by atoms with van der Waals surface area (Å²) in [4.78, 5) is 12.6.